The fraction of sp³-hybridized carbons (Fsp3) is 0.192. The lowest BCUT2D eigenvalue weighted by Crippen LogP contribution is -2.20. The van der Waals surface area contributed by atoms with Crippen molar-refractivity contribution >= 4 is 39.6 Å². The van der Waals surface area contributed by atoms with Crippen LogP contribution in [-0.2, 0) is 4.79 Å². The monoisotopic (exact) mass is 523 g/mol. The summed E-state index contributed by atoms with van der Waals surface area (Å²) in [6.07, 6.45) is 1.51. The molecule has 0 spiro atoms. The summed E-state index contributed by atoms with van der Waals surface area (Å²) in [7, 11) is 0. The third-order valence-corrected chi connectivity index (χ3v) is 5.43. The highest BCUT2D eigenvalue weighted by Crippen LogP contribution is 2.28. The van der Waals surface area contributed by atoms with Gasteiger partial charge in [0.05, 0.1) is 12.8 Å². The first-order chi connectivity index (χ1) is 16.4. The van der Waals surface area contributed by atoms with E-state index in [1.165, 1.54) is 6.21 Å². The number of hydrogen-bond donors (Lipinski definition) is 2. The van der Waals surface area contributed by atoms with Gasteiger partial charge in [0, 0.05) is 15.7 Å². The Morgan fingerprint density at radius 3 is 2.41 bits per heavy atom. The fourth-order valence-corrected chi connectivity index (χ4v) is 3.25. The van der Waals surface area contributed by atoms with Crippen LogP contribution in [0.25, 0.3) is 0 Å². The smallest absolute Gasteiger partial charge is 0.271 e. The number of nitrogens with one attached hydrogen (secondary N) is 2. The molecule has 2 N–H and O–H groups in total. The van der Waals surface area contributed by atoms with Crippen molar-refractivity contribution in [3.63, 3.8) is 0 Å². The topological polar surface area (TPSA) is 89.0 Å². The van der Waals surface area contributed by atoms with Crippen LogP contribution in [0.1, 0.15) is 34.0 Å². The van der Waals surface area contributed by atoms with Crippen LogP contribution in [0.2, 0.25) is 0 Å². The predicted octanol–water partition coefficient (Wildman–Crippen LogP) is 5.25. The predicted molar refractivity (Wildman–Crippen MR) is 137 cm³/mol. The van der Waals surface area contributed by atoms with Crippen molar-refractivity contribution in [2.45, 2.75) is 20.8 Å². The quantitative estimate of drug-likeness (QED) is 0.296. The first kappa shape index (κ1) is 25.0. The molecule has 0 aliphatic rings. The zero-order valence-electron chi connectivity index (χ0n) is 19.2. The summed E-state index contributed by atoms with van der Waals surface area (Å²) in [5, 5.41) is 6.84. The number of amides is 2. The lowest BCUT2D eigenvalue weighted by Gasteiger charge is -2.13. The molecular weight excluding hydrogens is 498 g/mol. The van der Waals surface area contributed by atoms with Gasteiger partial charge in [-0.25, -0.2) is 5.43 Å². The molecule has 7 nitrogen and oxygen atoms in total. The third kappa shape index (κ3) is 7.18. The van der Waals surface area contributed by atoms with E-state index in [2.05, 4.69) is 31.8 Å². The Labute approximate surface area is 207 Å². The fourth-order valence-electron chi connectivity index (χ4n) is 2.98. The minimum Gasteiger partial charge on any atom is -0.490 e. The Balaban J connectivity index is 1.59. The van der Waals surface area contributed by atoms with Crippen LogP contribution in [0.15, 0.2) is 70.2 Å². The second kappa shape index (κ2) is 12.0. The second-order valence-electron chi connectivity index (χ2n) is 7.48. The van der Waals surface area contributed by atoms with Crippen molar-refractivity contribution in [2.75, 3.05) is 18.5 Å². The van der Waals surface area contributed by atoms with Crippen LogP contribution >= 0.6 is 15.9 Å². The van der Waals surface area contributed by atoms with Crippen molar-refractivity contribution in [1.82, 2.24) is 5.43 Å². The molecule has 3 aromatic rings. The van der Waals surface area contributed by atoms with Gasteiger partial charge in [-0.1, -0.05) is 22.0 Å². The van der Waals surface area contributed by atoms with Gasteiger partial charge in [-0.05, 0) is 92.1 Å². The van der Waals surface area contributed by atoms with Crippen molar-refractivity contribution in [2.24, 2.45) is 5.10 Å². The lowest BCUT2D eigenvalue weighted by molar-refractivity contribution is -0.118. The molecule has 8 heteroatoms. The van der Waals surface area contributed by atoms with Crippen LogP contribution in [0.5, 0.6) is 11.5 Å². The summed E-state index contributed by atoms with van der Waals surface area (Å²) in [4.78, 5) is 24.5. The summed E-state index contributed by atoms with van der Waals surface area (Å²) in [6.45, 7) is 6.13. The number of benzene rings is 3. The molecule has 0 aromatic heterocycles. The average Bonchev–Trinajstić information content (AvgIpc) is 2.81. The Morgan fingerprint density at radius 1 is 0.941 bits per heavy atom. The lowest BCUT2D eigenvalue weighted by atomic mass is 10.1. The number of halogens is 1. The van der Waals surface area contributed by atoms with Crippen molar-refractivity contribution in [1.29, 1.82) is 0 Å². The number of hydrazone groups is 1. The molecule has 0 saturated heterocycles. The summed E-state index contributed by atoms with van der Waals surface area (Å²) in [6, 6.07) is 17.9. The highest BCUT2D eigenvalue weighted by Gasteiger charge is 2.10. The molecule has 34 heavy (non-hydrogen) atoms. The summed E-state index contributed by atoms with van der Waals surface area (Å²) >= 11 is 3.34. The first-order valence-electron chi connectivity index (χ1n) is 10.7. The molecule has 0 unspecified atom stereocenters. The van der Waals surface area contributed by atoms with E-state index in [-0.39, 0.29) is 18.4 Å². The Bertz CT molecular complexity index is 1190. The van der Waals surface area contributed by atoms with E-state index in [1.54, 1.807) is 42.5 Å². The van der Waals surface area contributed by atoms with Crippen molar-refractivity contribution < 1.29 is 19.1 Å². The first-order valence-corrected chi connectivity index (χ1v) is 11.5. The van der Waals surface area contributed by atoms with Gasteiger partial charge in [-0.2, -0.15) is 5.10 Å². The number of anilines is 1. The number of carbonyl (C=O) groups is 2. The molecule has 0 aliphatic heterocycles. The van der Waals surface area contributed by atoms with E-state index < -0.39 is 0 Å². The van der Waals surface area contributed by atoms with Crippen molar-refractivity contribution in [3.8, 4) is 11.5 Å². The van der Waals surface area contributed by atoms with Gasteiger partial charge in [0.2, 0.25) is 0 Å². The maximum Gasteiger partial charge on any atom is 0.271 e. The Morgan fingerprint density at radius 2 is 1.71 bits per heavy atom. The highest BCUT2D eigenvalue weighted by molar-refractivity contribution is 9.10. The molecule has 0 atom stereocenters. The van der Waals surface area contributed by atoms with E-state index in [0.29, 0.717) is 29.2 Å². The molecule has 176 valence electrons. The largest absolute Gasteiger partial charge is 0.490 e. The van der Waals surface area contributed by atoms with E-state index in [1.807, 2.05) is 39.0 Å². The van der Waals surface area contributed by atoms with Gasteiger partial charge >= 0.3 is 0 Å². The van der Waals surface area contributed by atoms with Gasteiger partial charge in [0.25, 0.3) is 11.8 Å². The molecular formula is C26H26BrN3O4. The van der Waals surface area contributed by atoms with Crippen LogP contribution in [-0.4, -0.2) is 31.2 Å². The molecule has 2 amide bonds. The van der Waals surface area contributed by atoms with Crippen LogP contribution in [0.4, 0.5) is 5.69 Å². The van der Waals surface area contributed by atoms with E-state index in [0.717, 1.165) is 21.3 Å². The van der Waals surface area contributed by atoms with Crippen molar-refractivity contribution in [3.05, 3.63) is 87.4 Å². The molecule has 0 saturated carbocycles. The second-order valence-corrected chi connectivity index (χ2v) is 8.40. The summed E-state index contributed by atoms with van der Waals surface area (Å²) in [5.74, 6) is 0.327. The van der Waals surface area contributed by atoms with Crippen LogP contribution < -0.4 is 20.2 Å². The molecule has 0 aliphatic carbocycles. The molecule has 3 rings (SSSR count). The Kier molecular flexibility index (Phi) is 8.81. The normalized spacial score (nSPS) is 10.7. The maximum absolute atomic E-state index is 12.3. The van der Waals surface area contributed by atoms with Gasteiger partial charge in [-0.3, -0.25) is 9.59 Å². The van der Waals surface area contributed by atoms with Gasteiger partial charge in [0.1, 0.15) is 0 Å². The average molecular weight is 524 g/mol. The van der Waals surface area contributed by atoms with Crippen LogP contribution in [0.3, 0.4) is 0 Å². The van der Waals surface area contributed by atoms with Gasteiger partial charge < -0.3 is 14.8 Å². The summed E-state index contributed by atoms with van der Waals surface area (Å²) in [5.41, 5.74) is 6.67. The van der Waals surface area contributed by atoms with E-state index in [9.17, 15) is 9.59 Å². The molecule has 0 radical (unpaired) electrons. The minimum atomic E-state index is -0.316. The van der Waals surface area contributed by atoms with E-state index in [4.69, 9.17) is 9.47 Å². The van der Waals surface area contributed by atoms with Gasteiger partial charge in [0.15, 0.2) is 18.1 Å². The summed E-state index contributed by atoms with van der Waals surface area (Å²) < 4.78 is 12.2. The molecule has 3 aromatic carbocycles. The number of ether oxygens (including phenoxy) is 2. The molecule has 0 bridgehead atoms. The third-order valence-electron chi connectivity index (χ3n) is 4.90. The Hall–Kier alpha value is -3.65. The molecule has 0 heterocycles. The minimum absolute atomic E-state index is 0.163. The zero-order valence-corrected chi connectivity index (χ0v) is 20.8. The number of aryl methyl sites for hydroxylation is 2. The van der Waals surface area contributed by atoms with Crippen LogP contribution in [0, 0.1) is 13.8 Å². The number of hydrogen-bond acceptors (Lipinski definition) is 5. The number of rotatable bonds is 9. The number of carbonyl (C=O) groups excluding carboxylic acids is 2. The number of nitrogens with zero attached hydrogens (tertiary/aromatic N) is 1. The zero-order chi connectivity index (χ0) is 24.5. The molecule has 0 fully saturated rings. The van der Waals surface area contributed by atoms with Gasteiger partial charge in [-0.15, -0.1) is 0 Å². The SMILES string of the molecule is CCOc1cc(/C=N/NC(=O)c2ccc(Br)cc2)ccc1OCC(=O)Nc1ccc(C)c(C)c1. The highest BCUT2D eigenvalue weighted by atomic mass is 79.9. The standard InChI is InChI=1S/C26H26BrN3O4/c1-4-33-24-14-19(15-28-30-26(32)20-7-9-21(27)10-8-20)6-12-23(24)34-16-25(31)29-22-11-5-17(2)18(3)13-22/h5-15H,4,16H2,1-3H3,(H,29,31)(H,30,32)/b28-15+. The maximum atomic E-state index is 12.3. The van der Waals surface area contributed by atoms with E-state index >= 15 is 0 Å².